The van der Waals surface area contributed by atoms with E-state index in [1.165, 1.54) is 0 Å². The summed E-state index contributed by atoms with van der Waals surface area (Å²) in [6.07, 6.45) is -2.05. The molecular formula is C19H23F3N4O2S. The van der Waals surface area contributed by atoms with E-state index in [9.17, 15) is 13.2 Å². The maximum Gasteiger partial charge on any atom is 0.434 e. The number of thiazole rings is 1. The van der Waals surface area contributed by atoms with Crippen LogP contribution in [-0.4, -0.2) is 32.2 Å². The van der Waals surface area contributed by atoms with Gasteiger partial charge in [-0.15, -0.1) is 17.9 Å². The van der Waals surface area contributed by atoms with Crippen LogP contribution in [0.3, 0.4) is 0 Å². The second-order valence-electron chi connectivity index (χ2n) is 5.89. The summed E-state index contributed by atoms with van der Waals surface area (Å²) in [6.45, 7) is 4.32. The molecule has 0 saturated carbocycles. The SMILES string of the molecule is C=CCc1cc(CNC(=NC)NCc2nc(C(F)(F)F)cs2)cc(OC)c1OC. The summed E-state index contributed by atoms with van der Waals surface area (Å²) in [4.78, 5) is 7.67. The fourth-order valence-corrected chi connectivity index (χ4v) is 3.34. The maximum atomic E-state index is 12.6. The van der Waals surface area contributed by atoms with Gasteiger partial charge < -0.3 is 20.1 Å². The molecule has 6 nitrogen and oxygen atoms in total. The van der Waals surface area contributed by atoms with Gasteiger partial charge in [-0.3, -0.25) is 4.99 Å². The van der Waals surface area contributed by atoms with Crippen LogP contribution in [0.4, 0.5) is 13.2 Å². The van der Waals surface area contributed by atoms with E-state index in [-0.39, 0.29) is 6.54 Å². The van der Waals surface area contributed by atoms with Crippen molar-refractivity contribution in [3.63, 3.8) is 0 Å². The van der Waals surface area contributed by atoms with Gasteiger partial charge in [0.05, 0.1) is 20.8 Å². The van der Waals surface area contributed by atoms with Crippen molar-refractivity contribution in [2.75, 3.05) is 21.3 Å². The molecule has 29 heavy (non-hydrogen) atoms. The number of aromatic nitrogens is 1. The summed E-state index contributed by atoms with van der Waals surface area (Å²) in [6, 6.07) is 3.82. The monoisotopic (exact) mass is 428 g/mol. The van der Waals surface area contributed by atoms with Gasteiger partial charge in [-0.25, -0.2) is 4.98 Å². The number of hydrogen-bond acceptors (Lipinski definition) is 5. The van der Waals surface area contributed by atoms with Crippen molar-refractivity contribution in [3.8, 4) is 11.5 Å². The van der Waals surface area contributed by atoms with Crippen LogP contribution in [0.15, 0.2) is 35.2 Å². The first-order chi connectivity index (χ1) is 13.8. The Hall–Kier alpha value is -2.75. The van der Waals surface area contributed by atoms with Gasteiger partial charge in [-0.05, 0) is 24.1 Å². The zero-order valence-corrected chi connectivity index (χ0v) is 17.2. The number of halogens is 3. The summed E-state index contributed by atoms with van der Waals surface area (Å²) in [5, 5.41) is 7.40. The van der Waals surface area contributed by atoms with Crippen LogP contribution in [0.2, 0.25) is 0 Å². The topological polar surface area (TPSA) is 67.8 Å². The molecule has 2 aromatic rings. The number of hydrogen-bond donors (Lipinski definition) is 2. The molecule has 1 heterocycles. The zero-order chi connectivity index (χ0) is 21.4. The van der Waals surface area contributed by atoms with Gasteiger partial charge in [0.25, 0.3) is 0 Å². The number of alkyl halides is 3. The molecule has 158 valence electrons. The van der Waals surface area contributed by atoms with Gasteiger partial charge in [-0.2, -0.15) is 13.2 Å². The normalized spacial score (nSPS) is 11.9. The van der Waals surface area contributed by atoms with E-state index in [0.717, 1.165) is 27.8 Å². The van der Waals surface area contributed by atoms with Crippen LogP contribution in [0.25, 0.3) is 0 Å². The van der Waals surface area contributed by atoms with Crippen LogP contribution < -0.4 is 20.1 Å². The second kappa shape index (κ2) is 10.1. The van der Waals surface area contributed by atoms with Crippen molar-refractivity contribution in [1.29, 1.82) is 0 Å². The van der Waals surface area contributed by atoms with Gasteiger partial charge >= 0.3 is 6.18 Å². The highest BCUT2D eigenvalue weighted by molar-refractivity contribution is 7.09. The van der Waals surface area contributed by atoms with Crippen molar-refractivity contribution in [2.24, 2.45) is 4.99 Å². The number of aliphatic imine (C=N–C) groups is 1. The molecule has 0 unspecified atom stereocenters. The van der Waals surface area contributed by atoms with E-state index in [0.29, 0.717) is 35.4 Å². The zero-order valence-electron chi connectivity index (χ0n) is 16.4. The van der Waals surface area contributed by atoms with E-state index < -0.39 is 11.9 Å². The fourth-order valence-electron chi connectivity index (χ4n) is 2.60. The summed E-state index contributed by atoms with van der Waals surface area (Å²) >= 11 is 0.944. The Bertz CT molecular complexity index is 866. The Morgan fingerprint density at radius 2 is 1.97 bits per heavy atom. The first kappa shape index (κ1) is 22.5. The number of benzene rings is 1. The number of nitrogens with zero attached hydrogens (tertiary/aromatic N) is 2. The van der Waals surface area contributed by atoms with E-state index in [4.69, 9.17) is 9.47 Å². The number of guanidine groups is 1. The second-order valence-corrected chi connectivity index (χ2v) is 6.83. The molecule has 2 rings (SSSR count). The molecule has 10 heteroatoms. The van der Waals surface area contributed by atoms with Crippen LogP contribution >= 0.6 is 11.3 Å². The van der Waals surface area contributed by atoms with E-state index >= 15 is 0 Å². The molecule has 0 atom stereocenters. The van der Waals surface area contributed by atoms with Gasteiger partial charge in [0, 0.05) is 24.5 Å². The lowest BCUT2D eigenvalue weighted by atomic mass is 10.1. The Labute approximate surface area is 171 Å². The fraction of sp³-hybridized carbons (Fsp3) is 0.368. The van der Waals surface area contributed by atoms with Crippen molar-refractivity contribution in [3.05, 3.63) is 52.0 Å². The molecule has 0 saturated heterocycles. The van der Waals surface area contributed by atoms with Crippen LogP contribution in [0.5, 0.6) is 11.5 Å². The molecule has 0 aliphatic carbocycles. The maximum absolute atomic E-state index is 12.6. The lowest BCUT2D eigenvalue weighted by Crippen LogP contribution is -2.36. The highest BCUT2D eigenvalue weighted by Crippen LogP contribution is 2.33. The standard InChI is InChI=1S/C19H23F3N4O2S/c1-5-6-13-7-12(8-14(27-3)17(13)28-4)9-24-18(23-2)25-10-16-26-15(11-29-16)19(20,21)22/h5,7-8,11H,1,6,9-10H2,2-4H3,(H2,23,24,25). The lowest BCUT2D eigenvalue weighted by Gasteiger charge is -2.16. The predicted molar refractivity (Wildman–Crippen MR) is 108 cm³/mol. The molecule has 0 amide bonds. The van der Waals surface area contributed by atoms with E-state index in [1.54, 1.807) is 27.3 Å². The smallest absolute Gasteiger partial charge is 0.434 e. The van der Waals surface area contributed by atoms with Crippen LogP contribution in [0.1, 0.15) is 21.8 Å². The molecule has 0 aliphatic rings. The Balaban J connectivity index is 2.02. The highest BCUT2D eigenvalue weighted by atomic mass is 32.1. The number of allylic oxidation sites excluding steroid dienone is 1. The minimum atomic E-state index is -4.44. The molecule has 0 aliphatic heterocycles. The molecule has 0 fully saturated rings. The molecule has 0 radical (unpaired) electrons. The van der Waals surface area contributed by atoms with Gasteiger partial charge in [0.15, 0.2) is 23.2 Å². The molecule has 1 aromatic carbocycles. The number of ether oxygens (including phenoxy) is 2. The average molecular weight is 428 g/mol. The number of nitrogens with one attached hydrogen (secondary N) is 2. The third-order valence-electron chi connectivity index (χ3n) is 3.91. The molecule has 0 spiro atoms. The van der Waals surface area contributed by atoms with E-state index in [1.807, 2.05) is 12.1 Å². The third-order valence-corrected chi connectivity index (χ3v) is 4.76. The summed E-state index contributed by atoms with van der Waals surface area (Å²) in [5.74, 6) is 1.70. The van der Waals surface area contributed by atoms with Gasteiger partial charge in [0.1, 0.15) is 5.01 Å². The Kier molecular flexibility index (Phi) is 7.89. The largest absolute Gasteiger partial charge is 0.493 e. The molecule has 0 bridgehead atoms. The quantitative estimate of drug-likeness (QED) is 0.381. The van der Waals surface area contributed by atoms with Gasteiger partial charge in [-0.1, -0.05) is 6.08 Å². The predicted octanol–water partition coefficient (Wildman–Crippen LogP) is 3.77. The van der Waals surface area contributed by atoms with Crippen LogP contribution in [-0.2, 0) is 25.7 Å². The summed E-state index contributed by atoms with van der Waals surface area (Å²) in [7, 11) is 4.73. The lowest BCUT2D eigenvalue weighted by molar-refractivity contribution is -0.140. The van der Waals surface area contributed by atoms with Crippen LogP contribution in [0, 0.1) is 0 Å². The van der Waals surface area contributed by atoms with Crippen molar-refractivity contribution >= 4 is 17.3 Å². The summed E-state index contributed by atoms with van der Waals surface area (Å²) in [5.41, 5.74) is 0.974. The summed E-state index contributed by atoms with van der Waals surface area (Å²) < 4.78 is 48.7. The number of rotatable bonds is 8. The minimum Gasteiger partial charge on any atom is -0.493 e. The Morgan fingerprint density at radius 3 is 2.52 bits per heavy atom. The molecular weight excluding hydrogens is 405 g/mol. The first-order valence-electron chi connectivity index (χ1n) is 8.63. The van der Waals surface area contributed by atoms with E-state index in [2.05, 4.69) is 27.2 Å². The van der Waals surface area contributed by atoms with Gasteiger partial charge in [0.2, 0.25) is 0 Å². The number of methoxy groups -OCH3 is 2. The average Bonchev–Trinajstić information content (AvgIpc) is 3.17. The van der Waals surface area contributed by atoms with Crippen molar-refractivity contribution < 1.29 is 22.6 Å². The third kappa shape index (κ3) is 6.11. The molecule has 1 aromatic heterocycles. The highest BCUT2D eigenvalue weighted by Gasteiger charge is 2.33. The van der Waals surface area contributed by atoms with Crippen molar-refractivity contribution in [2.45, 2.75) is 25.7 Å². The van der Waals surface area contributed by atoms with Crippen molar-refractivity contribution in [1.82, 2.24) is 15.6 Å². The molecule has 2 N–H and O–H groups in total. The first-order valence-corrected chi connectivity index (χ1v) is 9.51. The Morgan fingerprint density at radius 1 is 1.24 bits per heavy atom. The minimum absolute atomic E-state index is 0.133.